The number of benzene rings is 1. The van der Waals surface area contributed by atoms with Crippen molar-refractivity contribution in [2.75, 3.05) is 32.7 Å². The number of nitrogens with zero attached hydrogens (tertiary/aromatic N) is 2. The van der Waals surface area contributed by atoms with E-state index in [0.717, 1.165) is 32.7 Å². The predicted octanol–water partition coefficient (Wildman–Crippen LogP) is 2.80. The Balaban J connectivity index is 0.00000264. The Bertz CT molecular complexity index is 473. The summed E-state index contributed by atoms with van der Waals surface area (Å²) in [5.74, 6) is 0.714. The van der Waals surface area contributed by atoms with Gasteiger partial charge in [0.25, 0.3) is 0 Å². The molecule has 24 heavy (non-hydrogen) atoms. The largest absolute Gasteiger partial charge is 0.342 e. The Kier molecular flexibility index (Phi) is 11.3. The zero-order valence-corrected chi connectivity index (χ0v) is 16.3. The highest BCUT2D eigenvalue weighted by molar-refractivity contribution is 5.85. The molecule has 1 fully saturated rings. The molecule has 0 radical (unpaired) electrons. The SMILES string of the molecule is CCN(CC1CCN(Cc2ccccc2)C1)C(=O)C(C)CN.Cl.Cl. The van der Waals surface area contributed by atoms with E-state index in [2.05, 4.69) is 42.2 Å². The van der Waals surface area contributed by atoms with Crippen molar-refractivity contribution >= 4 is 30.7 Å². The molecule has 0 bridgehead atoms. The molecule has 0 aliphatic carbocycles. The number of hydrogen-bond donors (Lipinski definition) is 1. The van der Waals surface area contributed by atoms with Gasteiger partial charge in [0, 0.05) is 38.6 Å². The zero-order valence-electron chi connectivity index (χ0n) is 14.7. The number of carbonyl (C=O) groups excluding carboxylic acids is 1. The van der Waals surface area contributed by atoms with Crippen molar-refractivity contribution < 1.29 is 4.79 Å². The summed E-state index contributed by atoms with van der Waals surface area (Å²) in [6.45, 7) is 9.26. The Labute approximate surface area is 158 Å². The first-order chi connectivity index (χ1) is 10.6. The molecule has 0 saturated carbocycles. The van der Waals surface area contributed by atoms with Crippen molar-refractivity contribution in [3.63, 3.8) is 0 Å². The summed E-state index contributed by atoms with van der Waals surface area (Å²) in [6, 6.07) is 10.6. The molecule has 1 amide bonds. The second-order valence-corrected chi connectivity index (χ2v) is 6.39. The average molecular weight is 376 g/mol. The number of nitrogens with two attached hydrogens (primary N) is 1. The van der Waals surface area contributed by atoms with Gasteiger partial charge in [-0.25, -0.2) is 0 Å². The van der Waals surface area contributed by atoms with Gasteiger partial charge in [-0.3, -0.25) is 9.69 Å². The molecule has 1 saturated heterocycles. The van der Waals surface area contributed by atoms with E-state index in [1.165, 1.54) is 12.0 Å². The van der Waals surface area contributed by atoms with Gasteiger partial charge in [-0.15, -0.1) is 24.8 Å². The summed E-state index contributed by atoms with van der Waals surface area (Å²) in [5.41, 5.74) is 6.99. The van der Waals surface area contributed by atoms with Crippen LogP contribution in [0.1, 0.15) is 25.8 Å². The first-order valence-electron chi connectivity index (χ1n) is 8.39. The fourth-order valence-electron chi connectivity index (χ4n) is 3.15. The first kappa shape index (κ1) is 23.2. The van der Waals surface area contributed by atoms with Crippen molar-refractivity contribution in [1.29, 1.82) is 0 Å². The van der Waals surface area contributed by atoms with Crippen molar-refractivity contribution in [2.45, 2.75) is 26.8 Å². The van der Waals surface area contributed by atoms with E-state index in [4.69, 9.17) is 5.73 Å². The summed E-state index contributed by atoms with van der Waals surface area (Å²) in [7, 11) is 0. The van der Waals surface area contributed by atoms with Crippen LogP contribution in [0.25, 0.3) is 0 Å². The maximum atomic E-state index is 12.3. The Morgan fingerprint density at radius 3 is 2.58 bits per heavy atom. The smallest absolute Gasteiger partial charge is 0.226 e. The van der Waals surface area contributed by atoms with E-state index in [9.17, 15) is 4.79 Å². The minimum Gasteiger partial charge on any atom is -0.342 e. The molecule has 138 valence electrons. The van der Waals surface area contributed by atoms with Crippen LogP contribution >= 0.6 is 24.8 Å². The van der Waals surface area contributed by atoms with Crippen LogP contribution in [0.15, 0.2) is 30.3 Å². The van der Waals surface area contributed by atoms with Crippen LogP contribution in [0.2, 0.25) is 0 Å². The monoisotopic (exact) mass is 375 g/mol. The van der Waals surface area contributed by atoms with Crippen LogP contribution < -0.4 is 5.73 Å². The van der Waals surface area contributed by atoms with Crippen molar-refractivity contribution in [3.8, 4) is 0 Å². The van der Waals surface area contributed by atoms with Crippen LogP contribution in [0.5, 0.6) is 0 Å². The van der Waals surface area contributed by atoms with Gasteiger partial charge in [0.15, 0.2) is 0 Å². The first-order valence-corrected chi connectivity index (χ1v) is 8.39. The van der Waals surface area contributed by atoms with Crippen molar-refractivity contribution in [3.05, 3.63) is 35.9 Å². The fraction of sp³-hybridized carbons (Fsp3) is 0.611. The van der Waals surface area contributed by atoms with Crippen LogP contribution in [-0.4, -0.2) is 48.4 Å². The molecule has 2 N–H and O–H groups in total. The molecule has 0 aromatic heterocycles. The number of rotatable bonds is 7. The normalized spacial score (nSPS) is 18.4. The number of amides is 1. The van der Waals surface area contributed by atoms with Gasteiger partial charge in [0.05, 0.1) is 0 Å². The number of likely N-dealkylation sites (tertiary alicyclic amines) is 1. The van der Waals surface area contributed by atoms with E-state index in [1.807, 2.05) is 11.8 Å². The van der Waals surface area contributed by atoms with Crippen molar-refractivity contribution in [2.24, 2.45) is 17.6 Å². The van der Waals surface area contributed by atoms with Gasteiger partial charge in [0.2, 0.25) is 5.91 Å². The third kappa shape index (κ3) is 6.60. The van der Waals surface area contributed by atoms with Crippen LogP contribution in [0.3, 0.4) is 0 Å². The topological polar surface area (TPSA) is 49.6 Å². The minimum absolute atomic E-state index is 0. The Morgan fingerprint density at radius 2 is 2.00 bits per heavy atom. The highest BCUT2D eigenvalue weighted by atomic mass is 35.5. The van der Waals surface area contributed by atoms with E-state index in [-0.39, 0.29) is 36.6 Å². The number of carbonyl (C=O) groups is 1. The van der Waals surface area contributed by atoms with Gasteiger partial charge >= 0.3 is 0 Å². The molecular formula is C18H31Cl2N3O. The number of halogens is 2. The maximum Gasteiger partial charge on any atom is 0.226 e. The lowest BCUT2D eigenvalue weighted by Crippen LogP contribution is -2.41. The van der Waals surface area contributed by atoms with Gasteiger partial charge < -0.3 is 10.6 Å². The second kappa shape index (κ2) is 11.7. The molecule has 0 spiro atoms. The lowest BCUT2D eigenvalue weighted by atomic mass is 10.1. The molecule has 4 nitrogen and oxygen atoms in total. The summed E-state index contributed by atoms with van der Waals surface area (Å²) in [4.78, 5) is 16.8. The summed E-state index contributed by atoms with van der Waals surface area (Å²) < 4.78 is 0. The fourth-order valence-corrected chi connectivity index (χ4v) is 3.15. The lowest BCUT2D eigenvalue weighted by Gasteiger charge is -2.27. The summed E-state index contributed by atoms with van der Waals surface area (Å²) >= 11 is 0. The zero-order chi connectivity index (χ0) is 15.9. The van der Waals surface area contributed by atoms with E-state index in [0.29, 0.717) is 12.5 Å². The summed E-state index contributed by atoms with van der Waals surface area (Å²) in [5, 5.41) is 0. The third-order valence-corrected chi connectivity index (χ3v) is 4.57. The van der Waals surface area contributed by atoms with Crippen molar-refractivity contribution in [1.82, 2.24) is 9.80 Å². The quantitative estimate of drug-likeness (QED) is 0.796. The molecule has 2 atom stereocenters. The Hall–Kier alpha value is -0.810. The lowest BCUT2D eigenvalue weighted by molar-refractivity contribution is -0.135. The van der Waals surface area contributed by atoms with Gasteiger partial charge in [0.1, 0.15) is 0 Å². The van der Waals surface area contributed by atoms with E-state index < -0.39 is 0 Å². The molecule has 1 aromatic rings. The minimum atomic E-state index is -0.0678. The highest BCUT2D eigenvalue weighted by Crippen LogP contribution is 2.20. The van der Waals surface area contributed by atoms with Gasteiger partial charge in [-0.05, 0) is 31.4 Å². The average Bonchev–Trinajstić information content (AvgIpc) is 2.99. The summed E-state index contributed by atoms with van der Waals surface area (Å²) in [6.07, 6.45) is 1.17. The van der Waals surface area contributed by atoms with E-state index in [1.54, 1.807) is 0 Å². The third-order valence-electron chi connectivity index (χ3n) is 4.57. The van der Waals surface area contributed by atoms with Crippen LogP contribution in [-0.2, 0) is 11.3 Å². The maximum absolute atomic E-state index is 12.3. The molecule has 6 heteroatoms. The van der Waals surface area contributed by atoms with Crippen LogP contribution in [0, 0.1) is 11.8 Å². The second-order valence-electron chi connectivity index (χ2n) is 6.39. The standard InChI is InChI=1S/C18H29N3O.2ClH/c1-3-21(18(22)15(2)11-19)14-17-9-10-20(13-17)12-16-7-5-4-6-8-16;;/h4-8,15,17H,3,9-14,19H2,1-2H3;2*1H. The van der Waals surface area contributed by atoms with E-state index >= 15 is 0 Å². The molecular weight excluding hydrogens is 345 g/mol. The predicted molar refractivity (Wildman–Crippen MR) is 105 cm³/mol. The molecule has 1 heterocycles. The molecule has 2 rings (SSSR count). The van der Waals surface area contributed by atoms with Gasteiger partial charge in [-0.1, -0.05) is 37.3 Å². The molecule has 1 aromatic carbocycles. The highest BCUT2D eigenvalue weighted by Gasteiger charge is 2.27. The van der Waals surface area contributed by atoms with Crippen LogP contribution in [0.4, 0.5) is 0 Å². The molecule has 1 aliphatic heterocycles. The molecule has 1 aliphatic rings. The number of hydrogen-bond acceptors (Lipinski definition) is 3. The molecule has 2 unspecified atom stereocenters. The van der Waals surface area contributed by atoms with Gasteiger partial charge in [-0.2, -0.15) is 0 Å². The Morgan fingerprint density at radius 1 is 1.33 bits per heavy atom.